The molecular weight excluding hydrogens is 328 g/mol. The van der Waals surface area contributed by atoms with Gasteiger partial charge in [0.05, 0.1) is 27.3 Å². The molecule has 0 fully saturated rings. The van der Waals surface area contributed by atoms with E-state index in [2.05, 4.69) is 25.9 Å². The summed E-state index contributed by atoms with van der Waals surface area (Å²) in [4.78, 5) is 18.9. The Morgan fingerprint density at radius 2 is 2.10 bits per heavy atom. The lowest BCUT2D eigenvalue weighted by molar-refractivity contribution is -0.384. The van der Waals surface area contributed by atoms with Crippen molar-refractivity contribution in [2.75, 3.05) is 12.8 Å². The number of para-hydroxylation sites is 1. The number of nitro benzene ring substituents is 1. The van der Waals surface area contributed by atoms with Gasteiger partial charge in [0.2, 0.25) is 0 Å². The molecule has 0 bridgehead atoms. The molecule has 0 aliphatic carbocycles. The van der Waals surface area contributed by atoms with Gasteiger partial charge in [-0.1, -0.05) is 12.1 Å². The Hall–Kier alpha value is -2.06. The highest BCUT2D eigenvalue weighted by Crippen LogP contribution is 2.30. The summed E-state index contributed by atoms with van der Waals surface area (Å²) in [6.45, 7) is 0.223. The van der Waals surface area contributed by atoms with Gasteiger partial charge in [-0.05, 0) is 22.0 Å². The van der Waals surface area contributed by atoms with E-state index in [1.165, 1.54) is 13.2 Å². The van der Waals surface area contributed by atoms with E-state index in [1.807, 2.05) is 0 Å². The fourth-order valence-corrected chi connectivity index (χ4v) is 1.98. The van der Waals surface area contributed by atoms with Gasteiger partial charge in [0.25, 0.3) is 5.69 Å². The van der Waals surface area contributed by atoms with E-state index in [4.69, 9.17) is 10.5 Å². The van der Waals surface area contributed by atoms with Gasteiger partial charge in [-0.3, -0.25) is 10.1 Å². The summed E-state index contributed by atoms with van der Waals surface area (Å²) in [5.41, 5.74) is 6.57. The first-order valence-corrected chi connectivity index (χ1v) is 6.38. The van der Waals surface area contributed by atoms with Crippen molar-refractivity contribution >= 4 is 27.4 Å². The predicted molar refractivity (Wildman–Crippen MR) is 76.9 cm³/mol. The summed E-state index contributed by atoms with van der Waals surface area (Å²) in [7, 11) is 1.52. The molecule has 2 rings (SSSR count). The van der Waals surface area contributed by atoms with Gasteiger partial charge in [-0.2, -0.15) is 0 Å². The summed E-state index contributed by atoms with van der Waals surface area (Å²) in [5.74, 6) is 0.408. The highest BCUT2D eigenvalue weighted by molar-refractivity contribution is 9.10. The third-order valence-corrected chi connectivity index (χ3v) is 3.43. The lowest BCUT2D eigenvalue weighted by Gasteiger charge is -2.08. The largest absolute Gasteiger partial charge is 0.383 e. The van der Waals surface area contributed by atoms with Crippen LogP contribution in [-0.2, 0) is 11.3 Å². The monoisotopic (exact) mass is 338 g/mol. The summed E-state index contributed by atoms with van der Waals surface area (Å²) >= 11 is 3.27. The Morgan fingerprint density at radius 1 is 1.40 bits per heavy atom. The number of aromatic nitrogens is 2. The summed E-state index contributed by atoms with van der Waals surface area (Å²) in [5, 5.41) is 11.0. The topological polar surface area (TPSA) is 104 Å². The molecule has 1 aromatic carbocycles. The van der Waals surface area contributed by atoms with Gasteiger partial charge in [0, 0.05) is 13.2 Å². The highest BCUT2D eigenvalue weighted by Gasteiger charge is 2.19. The van der Waals surface area contributed by atoms with Crippen molar-refractivity contribution in [2.24, 2.45) is 0 Å². The molecule has 0 aliphatic rings. The number of methoxy groups -OCH3 is 1. The molecule has 2 aromatic rings. The van der Waals surface area contributed by atoms with Crippen LogP contribution in [0.25, 0.3) is 11.4 Å². The Balaban J connectivity index is 2.61. The van der Waals surface area contributed by atoms with Crippen molar-refractivity contribution in [3.8, 4) is 11.4 Å². The lowest BCUT2D eigenvalue weighted by atomic mass is 10.1. The number of hydrogen-bond acceptors (Lipinski definition) is 6. The molecule has 104 valence electrons. The van der Waals surface area contributed by atoms with Crippen molar-refractivity contribution in [3.63, 3.8) is 0 Å². The second kappa shape index (κ2) is 5.93. The first-order valence-electron chi connectivity index (χ1n) is 5.59. The zero-order chi connectivity index (χ0) is 14.7. The fourth-order valence-electron chi connectivity index (χ4n) is 1.69. The number of halogens is 1. The number of rotatable bonds is 4. The molecule has 0 atom stereocenters. The molecule has 0 radical (unpaired) electrons. The van der Waals surface area contributed by atoms with Crippen molar-refractivity contribution in [3.05, 3.63) is 44.5 Å². The van der Waals surface area contributed by atoms with E-state index in [1.54, 1.807) is 18.2 Å². The second-order valence-electron chi connectivity index (χ2n) is 3.90. The van der Waals surface area contributed by atoms with Crippen LogP contribution >= 0.6 is 15.9 Å². The third kappa shape index (κ3) is 2.75. The summed E-state index contributed by atoms with van der Waals surface area (Å²) in [6.07, 6.45) is 0. The molecule has 20 heavy (non-hydrogen) atoms. The summed E-state index contributed by atoms with van der Waals surface area (Å²) < 4.78 is 5.55. The quantitative estimate of drug-likeness (QED) is 0.678. The maximum absolute atomic E-state index is 11.0. The number of benzene rings is 1. The fraction of sp³-hybridized carbons (Fsp3) is 0.167. The van der Waals surface area contributed by atoms with Crippen molar-refractivity contribution < 1.29 is 9.66 Å². The average molecular weight is 339 g/mol. The maximum atomic E-state index is 11.0. The van der Waals surface area contributed by atoms with Gasteiger partial charge < -0.3 is 10.5 Å². The number of nitrogens with two attached hydrogens (primary N) is 1. The van der Waals surface area contributed by atoms with E-state index in [0.717, 1.165) is 0 Å². The molecule has 8 heteroatoms. The van der Waals surface area contributed by atoms with Gasteiger partial charge in [0.1, 0.15) is 5.82 Å². The number of anilines is 1. The molecule has 0 unspecified atom stereocenters. The second-order valence-corrected chi connectivity index (χ2v) is 4.69. The Kier molecular flexibility index (Phi) is 4.26. The lowest BCUT2D eigenvalue weighted by Crippen LogP contribution is -2.05. The van der Waals surface area contributed by atoms with E-state index in [-0.39, 0.29) is 23.9 Å². The van der Waals surface area contributed by atoms with E-state index in [9.17, 15) is 10.1 Å². The van der Waals surface area contributed by atoms with Crippen LogP contribution in [0, 0.1) is 10.1 Å². The Morgan fingerprint density at radius 3 is 2.75 bits per heavy atom. The SMILES string of the molecule is COCc1nc(-c2ccccc2[N+](=O)[O-])nc(N)c1Br. The molecule has 1 aromatic heterocycles. The van der Waals surface area contributed by atoms with Crippen LogP contribution in [0.1, 0.15) is 5.69 Å². The van der Waals surface area contributed by atoms with Gasteiger partial charge in [-0.25, -0.2) is 9.97 Å². The van der Waals surface area contributed by atoms with Crippen LogP contribution in [0.5, 0.6) is 0 Å². The zero-order valence-corrected chi connectivity index (χ0v) is 12.1. The Labute approximate surface area is 123 Å². The number of nitrogen functional groups attached to an aromatic ring is 1. The van der Waals surface area contributed by atoms with Crippen LogP contribution in [0.3, 0.4) is 0 Å². The number of nitro groups is 1. The normalized spacial score (nSPS) is 10.5. The molecule has 0 spiro atoms. The molecule has 2 N–H and O–H groups in total. The molecule has 0 saturated heterocycles. The first-order chi connectivity index (χ1) is 9.54. The van der Waals surface area contributed by atoms with Crippen LogP contribution in [0.2, 0.25) is 0 Å². The molecule has 0 aliphatic heterocycles. The van der Waals surface area contributed by atoms with Crippen LogP contribution in [0.15, 0.2) is 28.7 Å². The van der Waals surface area contributed by atoms with Gasteiger partial charge in [-0.15, -0.1) is 0 Å². The van der Waals surface area contributed by atoms with Gasteiger partial charge in [0.15, 0.2) is 5.82 Å². The number of ether oxygens (including phenoxy) is 1. The van der Waals surface area contributed by atoms with E-state index in [0.29, 0.717) is 15.7 Å². The average Bonchev–Trinajstić information content (AvgIpc) is 2.43. The minimum Gasteiger partial charge on any atom is -0.383 e. The van der Waals surface area contributed by atoms with Crippen molar-refractivity contribution in [1.82, 2.24) is 9.97 Å². The smallest absolute Gasteiger partial charge is 0.280 e. The van der Waals surface area contributed by atoms with Gasteiger partial charge >= 0.3 is 0 Å². The minimum absolute atomic E-state index is 0.0717. The first kappa shape index (κ1) is 14.4. The molecule has 1 heterocycles. The molecule has 0 saturated carbocycles. The molecule has 0 amide bonds. The summed E-state index contributed by atoms with van der Waals surface area (Å²) in [6, 6.07) is 6.24. The van der Waals surface area contributed by atoms with Crippen molar-refractivity contribution in [1.29, 1.82) is 0 Å². The number of hydrogen-bond donors (Lipinski definition) is 1. The van der Waals surface area contributed by atoms with E-state index >= 15 is 0 Å². The highest BCUT2D eigenvalue weighted by atomic mass is 79.9. The minimum atomic E-state index is -0.479. The number of nitrogens with zero attached hydrogens (tertiary/aromatic N) is 3. The van der Waals surface area contributed by atoms with Crippen molar-refractivity contribution in [2.45, 2.75) is 6.61 Å². The third-order valence-electron chi connectivity index (χ3n) is 2.57. The van der Waals surface area contributed by atoms with Crippen LogP contribution < -0.4 is 5.73 Å². The Bertz CT molecular complexity index is 663. The van der Waals surface area contributed by atoms with Crippen LogP contribution in [-0.4, -0.2) is 22.0 Å². The van der Waals surface area contributed by atoms with Crippen LogP contribution in [0.4, 0.5) is 11.5 Å². The van der Waals surface area contributed by atoms with E-state index < -0.39 is 4.92 Å². The predicted octanol–water partition coefficient (Wildman–Crippen LogP) is 2.54. The molecule has 7 nitrogen and oxygen atoms in total. The standard InChI is InChI=1S/C12H11BrN4O3/c1-20-6-8-10(13)11(14)16-12(15-8)7-4-2-3-5-9(7)17(18)19/h2-5H,6H2,1H3,(H2,14,15,16). The zero-order valence-electron chi connectivity index (χ0n) is 10.5. The molecular formula is C12H11BrN4O3. The maximum Gasteiger partial charge on any atom is 0.280 e.